The fraction of sp³-hybridized carbons (Fsp3) is 0.667. The van der Waals surface area contributed by atoms with Crippen LogP contribution < -0.4 is 5.32 Å². The Bertz CT molecular complexity index is 416. The summed E-state index contributed by atoms with van der Waals surface area (Å²) in [6, 6.07) is 0. The van der Waals surface area contributed by atoms with Gasteiger partial charge in [-0.15, -0.1) is 0 Å². The van der Waals surface area contributed by atoms with Crippen LogP contribution in [-0.2, 0) is 23.7 Å². The summed E-state index contributed by atoms with van der Waals surface area (Å²) in [5.41, 5.74) is 3.55. The number of rotatable bonds is 7. The van der Waals surface area contributed by atoms with Crippen LogP contribution in [0.25, 0.3) is 0 Å². The molecule has 1 aromatic heterocycles. The van der Waals surface area contributed by atoms with Crippen LogP contribution in [-0.4, -0.2) is 29.5 Å². The summed E-state index contributed by atoms with van der Waals surface area (Å²) in [6.07, 6.45) is 2.09. The Balaban J connectivity index is 2.39. The van der Waals surface area contributed by atoms with Crippen LogP contribution in [0.4, 0.5) is 0 Å². The van der Waals surface area contributed by atoms with Crippen molar-refractivity contribution in [2.45, 2.75) is 39.7 Å². The van der Waals surface area contributed by atoms with Crippen LogP contribution in [0.1, 0.15) is 39.0 Å². The molecule has 0 aromatic carbocycles. The Morgan fingerprint density at radius 2 is 2.16 bits per heavy atom. The summed E-state index contributed by atoms with van der Waals surface area (Å²) in [5, 5.41) is 7.95. The van der Waals surface area contributed by atoms with Crippen molar-refractivity contribution in [3.8, 4) is 0 Å². The number of ether oxygens (including phenoxy) is 1. The van der Waals surface area contributed by atoms with Gasteiger partial charge in [-0.1, -0.05) is 32.9 Å². The molecule has 0 atom stereocenters. The van der Waals surface area contributed by atoms with E-state index >= 15 is 0 Å². The number of aromatic nitrogens is 2. The fourth-order valence-corrected chi connectivity index (χ4v) is 1.91. The van der Waals surface area contributed by atoms with Gasteiger partial charge in [0.2, 0.25) is 0 Å². The smallest absolute Gasteiger partial charge is 0.0722 e. The molecule has 1 N–H and O–H groups in total. The quantitative estimate of drug-likeness (QED) is 0.608. The van der Waals surface area contributed by atoms with Crippen molar-refractivity contribution in [2.75, 3.05) is 19.8 Å². The molecule has 4 nitrogen and oxygen atoms in total. The van der Waals surface area contributed by atoms with E-state index in [2.05, 4.69) is 44.0 Å². The Morgan fingerprint density at radius 1 is 1.47 bits per heavy atom. The second-order valence-electron chi connectivity index (χ2n) is 6.11. The van der Waals surface area contributed by atoms with Crippen LogP contribution in [0.2, 0.25) is 0 Å². The first-order valence-electron chi connectivity index (χ1n) is 6.76. The Labute approximate surface area is 116 Å². The summed E-state index contributed by atoms with van der Waals surface area (Å²) in [6.45, 7) is 15.4. The standard InChI is InChI=1S/C15H27N3O/c1-12(2)11-19-8-7-16-9-13-10-18(6)17-14(13)15(3,4)5/h10,16H,1,7-9,11H2,2-6H3. The molecule has 0 unspecified atom stereocenters. The first-order chi connectivity index (χ1) is 8.80. The van der Waals surface area contributed by atoms with Gasteiger partial charge in [0.1, 0.15) is 0 Å². The van der Waals surface area contributed by atoms with Crippen LogP contribution in [0, 0.1) is 0 Å². The summed E-state index contributed by atoms with van der Waals surface area (Å²) >= 11 is 0. The van der Waals surface area contributed by atoms with Gasteiger partial charge in [0.05, 0.1) is 18.9 Å². The number of aryl methyl sites for hydroxylation is 1. The normalized spacial score (nSPS) is 11.8. The molecule has 1 heterocycles. The first-order valence-corrected chi connectivity index (χ1v) is 6.76. The van der Waals surface area contributed by atoms with Gasteiger partial charge < -0.3 is 10.1 Å². The van der Waals surface area contributed by atoms with E-state index in [9.17, 15) is 0 Å². The molecule has 0 aliphatic carbocycles. The third-order valence-corrected chi connectivity index (χ3v) is 2.70. The molecule has 108 valence electrons. The molecule has 0 aliphatic heterocycles. The molecular weight excluding hydrogens is 238 g/mol. The molecule has 4 heteroatoms. The van der Waals surface area contributed by atoms with E-state index in [1.54, 1.807) is 0 Å². The molecule has 0 saturated carbocycles. The third-order valence-electron chi connectivity index (χ3n) is 2.70. The van der Waals surface area contributed by atoms with Crippen molar-refractivity contribution in [1.82, 2.24) is 15.1 Å². The van der Waals surface area contributed by atoms with Gasteiger partial charge in [0.25, 0.3) is 0 Å². The molecule has 0 bridgehead atoms. The largest absolute Gasteiger partial charge is 0.376 e. The zero-order valence-corrected chi connectivity index (χ0v) is 12.9. The van der Waals surface area contributed by atoms with Gasteiger partial charge in [0.15, 0.2) is 0 Å². The maximum absolute atomic E-state index is 5.45. The van der Waals surface area contributed by atoms with E-state index in [0.29, 0.717) is 13.2 Å². The summed E-state index contributed by atoms with van der Waals surface area (Å²) in [7, 11) is 1.97. The maximum Gasteiger partial charge on any atom is 0.0722 e. The molecular formula is C15H27N3O. The van der Waals surface area contributed by atoms with Crippen LogP contribution in [0.5, 0.6) is 0 Å². The van der Waals surface area contributed by atoms with Crippen molar-refractivity contribution in [3.05, 3.63) is 29.6 Å². The molecule has 1 rings (SSSR count). The van der Waals surface area contributed by atoms with E-state index in [-0.39, 0.29) is 5.41 Å². The first kappa shape index (κ1) is 15.9. The topological polar surface area (TPSA) is 39.1 Å². The molecule has 0 fully saturated rings. The van der Waals surface area contributed by atoms with Gasteiger partial charge in [-0.2, -0.15) is 5.10 Å². The van der Waals surface area contributed by atoms with Gasteiger partial charge in [-0.05, 0) is 6.92 Å². The van der Waals surface area contributed by atoms with Crippen molar-refractivity contribution < 1.29 is 4.74 Å². The summed E-state index contributed by atoms with van der Waals surface area (Å²) < 4.78 is 7.34. The van der Waals surface area contributed by atoms with E-state index in [4.69, 9.17) is 4.74 Å². The average molecular weight is 265 g/mol. The van der Waals surface area contributed by atoms with Crippen LogP contribution >= 0.6 is 0 Å². The molecule has 0 aliphatic rings. The Hall–Kier alpha value is -1.13. The predicted octanol–water partition coefficient (Wildman–Crippen LogP) is 2.40. The van der Waals surface area contributed by atoms with E-state index in [1.165, 1.54) is 5.56 Å². The Kier molecular flexibility index (Phi) is 5.76. The SMILES string of the molecule is C=C(C)COCCNCc1cn(C)nc1C(C)(C)C. The maximum atomic E-state index is 5.45. The fourth-order valence-electron chi connectivity index (χ4n) is 1.91. The van der Waals surface area contributed by atoms with E-state index in [0.717, 1.165) is 24.4 Å². The second kappa shape index (κ2) is 6.87. The number of nitrogens with one attached hydrogen (secondary N) is 1. The zero-order chi connectivity index (χ0) is 14.5. The molecule has 0 spiro atoms. The number of hydrogen-bond acceptors (Lipinski definition) is 3. The minimum absolute atomic E-state index is 0.0781. The number of nitrogens with zero attached hydrogens (tertiary/aromatic N) is 2. The highest BCUT2D eigenvalue weighted by Crippen LogP contribution is 2.23. The minimum Gasteiger partial charge on any atom is -0.376 e. The van der Waals surface area contributed by atoms with E-state index < -0.39 is 0 Å². The predicted molar refractivity (Wildman–Crippen MR) is 79.2 cm³/mol. The molecule has 1 aromatic rings. The van der Waals surface area contributed by atoms with Gasteiger partial charge in [-0.25, -0.2) is 0 Å². The minimum atomic E-state index is 0.0781. The molecule has 19 heavy (non-hydrogen) atoms. The molecule has 0 saturated heterocycles. The molecule has 0 amide bonds. The number of hydrogen-bond donors (Lipinski definition) is 1. The Morgan fingerprint density at radius 3 is 2.74 bits per heavy atom. The lowest BCUT2D eigenvalue weighted by Crippen LogP contribution is -2.22. The van der Waals surface area contributed by atoms with Crippen molar-refractivity contribution in [3.63, 3.8) is 0 Å². The summed E-state index contributed by atoms with van der Waals surface area (Å²) in [5.74, 6) is 0. The monoisotopic (exact) mass is 265 g/mol. The van der Waals surface area contributed by atoms with Gasteiger partial charge in [0, 0.05) is 37.3 Å². The van der Waals surface area contributed by atoms with E-state index in [1.807, 2.05) is 18.7 Å². The lowest BCUT2D eigenvalue weighted by atomic mass is 9.89. The van der Waals surface area contributed by atoms with Crippen molar-refractivity contribution in [2.24, 2.45) is 7.05 Å². The van der Waals surface area contributed by atoms with Crippen LogP contribution in [0.3, 0.4) is 0 Å². The highest BCUT2D eigenvalue weighted by Gasteiger charge is 2.21. The third kappa shape index (κ3) is 5.57. The average Bonchev–Trinajstić information content (AvgIpc) is 2.64. The van der Waals surface area contributed by atoms with Crippen molar-refractivity contribution >= 4 is 0 Å². The molecule has 0 radical (unpaired) electrons. The summed E-state index contributed by atoms with van der Waals surface area (Å²) in [4.78, 5) is 0. The zero-order valence-electron chi connectivity index (χ0n) is 12.9. The highest BCUT2D eigenvalue weighted by molar-refractivity contribution is 5.23. The van der Waals surface area contributed by atoms with Crippen molar-refractivity contribution in [1.29, 1.82) is 0 Å². The lowest BCUT2D eigenvalue weighted by Gasteiger charge is -2.17. The second-order valence-corrected chi connectivity index (χ2v) is 6.11. The van der Waals surface area contributed by atoms with Crippen LogP contribution in [0.15, 0.2) is 18.3 Å². The van der Waals surface area contributed by atoms with Gasteiger partial charge >= 0.3 is 0 Å². The highest BCUT2D eigenvalue weighted by atomic mass is 16.5. The lowest BCUT2D eigenvalue weighted by molar-refractivity contribution is 0.157. The van der Waals surface area contributed by atoms with Gasteiger partial charge in [-0.3, -0.25) is 4.68 Å².